The molecule has 8 heteroatoms. The molecular formula is C19H28ClIN4O2. The molecule has 1 aromatic heterocycles. The molecule has 2 rings (SSSR count). The fourth-order valence-electron chi connectivity index (χ4n) is 2.75. The van der Waals surface area contributed by atoms with Crippen LogP contribution in [0.5, 0.6) is 11.5 Å². The van der Waals surface area contributed by atoms with Crippen LogP contribution in [0.1, 0.15) is 18.2 Å². The zero-order valence-corrected chi connectivity index (χ0v) is 19.5. The van der Waals surface area contributed by atoms with E-state index >= 15 is 0 Å². The number of halogens is 2. The number of hydrogen-bond donors (Lipinski definition) is 1. The van der Waals surface area contributed by atoms with E-state index in [2.05, 4.69) is 17.1 Å². The van der Waals surface area contributed by atoms with Crippen LogP contribution >= 0.6 is 35.6 Å². The van der Waals surface area contributed by atoms with Crippen molar-refractivity contribution in [2.45, 2.75) is 20.0 Å². The first-order chi connectivity index (χ1) is 12.5. The van der Waals surface area contributed by atoms with Gasteiger partial charge in [-0.2, -0.15) is 0 Å². The number of aryl methyl sites for hydroxylation is 1. The Bertz CT molecular complexity index is 764. The number of nitrogens with one attached hydrogen (secondary N) is 1. The van der Waals surface area contributed by atoms with Crippen LogP contribution in [0, 0.1) is 0 Å². The summed E-state index contributed by atoms with van der Waals surface area (Å²) < 4.78 is 12.9. The van der Waals surface area contributed by atoms with E-state index < -0.39 is 0 Å². The van der Waals surface area contributed by atoms with Gasteiger partial charge in [-0.1, -0.05) is 23.7 Å². The molecule has 0 saturated carbocycles. The molecule has 0 spiro atoms. The summed E-state index contributed by atoms with van der Waals surface area (Å²) in [4.78, 5) is 6.83. The van der Waals surface area contributed by atoms with E-state index in [1.807, 2.05) is 49.1 Å². The number of methoxy groups -OCH3 is 2. The van der Waals surface area contributed by atoms with Crippen LogP contribution in [0.4, 0.5) is 0 Å². The van der Waals surface area contributed by atoms with Crippen molar-refractivity contribution >= 4 is 41.5 Å². The second-order valence-corrected chi connectivity index (χ2v) is 6.38. The van der Waals surface area contributed by atoms with E-state index in [9.17, 15) is 0 Å². The molecule has 0 aliphatic rings. The monoisotopic (exact) mass is 506 g/mol. The Morgan fingerprint density at radius 1 is 1.30 bits per heavy atom. The lowest BCUT2D eigenvalue weighted by Crippen LogP contribution is -2.38. The molecule has 0 atom stereocenters. The molecule has 0 aliphatic heterocycles. The average Bonchev–Trinajstić information content (AvgIpc) is 2.94. The van der Waals surface area contributed by atoms with Crippen molar-refractivity contribution in [1.82, 2.24) is 14.8 Å². The largest absolute Gasteiger partial charge is 0.493 e. The summed E-state index contributed by atoms with van der Waals surface area (Å²) in [6.07, 6.45) is 1.90. The molecule has 0 unspecified atom stereocenters. The Kier molecular flexibility index (Phi) is 9.79. The van der Waals surface area contributed by atoms with Crippen LogP contribution in [0.15, 0.2) is 35.5 Å². The van der Waals surface area contributed by atoms with E-state index in [1.165, 1.54) is 0 Å². The standard InChI is InChI=1S/C19H27ClN4O2.HI/c1-6-21-19(24(3)13-16-10-15(20)12-23(16)2)22-11-14-8-7-9-17(25-4)18(14)26-5;/h7-10,12H,6,11,13H2,1-5H3,(H,21,22);1H. The molecule has 6 nitrogen and oxygen atoms in total. The molecule has 1 N–H and O–H groups in total. The van der Waals surface area contributed by atoms with Gasteiger partial charge in [-0.25, -0.2) is 4.99 Å². The topological polar surface area (TPSA) is 51.0 Å². The van der Waals surface area contributed by atoms with Gasteiger partial charge in [0.1, 0.15) is 0 Å². The van der Waals surface area contributed by atoms with Crippen molar-refractivity contribution < 1.29 is 9.47 Å². The number of nitrogens with zero attached hydrogens (tertiary/aromatic N) is 3. The molecule has 0 bridgehead atoms. The molecule has 0 aliphatic carbocycles. The molecule has 0 amide bonds. The SMILES string of the molecule is CCNC(=NCc1cccc(OC)c1OC)N(C)Cc1cc(Cl)cn1C.I. The minimum absolute atomic E-state index is 0. The number of aromatic nitrogens is 1. The lowest BCUT2D eigenvalue weighted by atomic mass is 10.2. The number of ether oxygens (including phenoxy) is 2. The number of para-hydroxylation sites is 1. The van der Waals surface area contributed by atoms with Gasteiger partial charge in [-0.3, -0.25) is 0 Å². The number of rotatable bonds is 7. The van der Waals surface area contributed by atoms with E-state index in [1.54, 1.807) is 14.2 Å². The third-order valence-electron chi connectivity index (χ3n) is 4.05. The molecule has 150 valence electrons. The van der Waals surface area contributed by atoms with Crippen molar-refractivity contribution in [1.29, 1.82) is 0 Å². The van der Waals surface area contributed by atoms with Gasteiger partial charge in [0.05, 0.1) is 32.3 Å². The average molecular weight is 507 g/mol. The first-order valence-electron chi connectivity index (χ1n) is 8.50. The molecule has 0 saturated heterocycles. The summed E-state index contributed by atoms with van der Waals surface area (Å²) in [6.45, 7) is 4.02. The highest BCUT2D eigenvalue weighted by Gasteiger charge is 2.12. The summed E-state index contributed by atoms with van der Waals surface area (Å²) in [5, 5.41) is 4.06. The molecule has 2 aromatic rings. The van der Waals surface area contributed by atoms with Crippen LogP contribution in [0.3, 0.4) is 0 Å². The van der Waals surface area contributed by atoms with E-state index in [-0.39, 0.29) is 24.0 Å². The molecule has 0 radical (unpaired) electrons. The van der Waals surface area contributed by atoms with Gasteiger partial charge in [0.15, 0.2) is 17.5 Å². The minimum Gasteiger partial charge on any atom is -0.493 e. The van der Waals surface area contributed by atoms with Gasteiger partial charge in [-0.05, 0) is 19.1 Å². The molecule has 27 heavy (non-hydrogen) atoms. The van der Waals surface area contributed by atoms with Crippen molar-refractivity contribution in [3.8, 4) is 11.5 Å². The highest BCUT2D eigenvalue weighted by Crippen LogP contribution is 2.31. The van der Waals surface area contributed by atoms with Crippen molar-refractivity contribution in [2.75, 3.05) is 27.8 Å². The summed E-state index contributed by atoms with van der Waals surface area (Å²) >= 11 is 6.08. The van der Waals surface area contributed by atoms with Gasteiger partial charge in [-0.15, -0.1) is 24.0 Å². The van der Waals surface area contributed by atoms with Gasteiger partial charge in [0, 0.05) is 38.1 Å². The zero-order chi connectivity index (χ0) is 19.1. The van der Waals surface area contributed by atoms with E-state index in [0.717, 1.165) is 28.8 Å². The van der Waals surface area contributed by atoms with Crippen LogP contribution in [0.25, 0.3) is 0 Å². The first-order valence-corrected chi connectivity index (χ1v) is 8.88. The fourth-order valence-corrected chi connectivity index (χ4v) is 3.02. The Morgan fingerprint density at radius 3 is 2.59 bits per heavy atom. The van der Waals surface area contributed by atoms with E-state index in [0.29, 0.717) is 24.6 Å². The predicted octanol–water partition coefficient (Wildman–Crippen LogP) is 3.91. The molecular weight excluding hydrogens is 479 g/mol. The fraction of sp³-hybridized carbons (Fsp3) is 0.421. The summed E-state index contributed by atoms with van der Waals surface area (Å²) in [7, 11) is 7.26. The second-order valence-electron chi connectivity index (χ2n) is 5.94. The normalized spacial score (nSPS) is 11.0. The van der Waals surface area contributed by atoms with Gasteiger partial charge in [0.2, 0.25) is 0 Å². The van der Waals surface area contributed by atoms with Gasteiger partial charge in [0.25, 0.3) is 0 Å². The maximum absolute atomic E-state index is 6.08. The lowest BCUT2D eigenvalue weighted by molar-refractivity contribution is 0.351. The predicted molar refractivity (Wildman–Crippen MR) is 122 cm³/mol. The Labute approximate surface area is 183 Å². The highest BCUT2D eigenvalue weighted by atomic mass is 127. The van der Waals surface area contributed by atoms with Crippen LogP contribution < -0.4 is 14.8 Å². The Balaban J connectivity index is 0.00000364. The highest BCUT2D eigenvalue weighted by molar-refractivity contribution is 14.0. The van der Waals surface area contributed by atoms with Crippen LogP contribution in [-0.2, 0) is 20.1 Å². The van der Waals surface area contributed by atoms with Crippen LogP contribution in [0.2, 0.25) is 5.02 Å². The van der Waals surface area contributed by atoms with Crippen LogP contribution in [-0.4, -0.2) is 43.2 Å². The maximum atomic E-state index is 6.08. The number of hydrogen-bond acceptors (Lipinski definition) is 3. The van der Waals surface area contributed by atoms with Crippen molar-refractivity contribution in [3.63, 3.8) is 0 Å². The quantitative estimate of drug-likeness (QED) is 0.351. The Morgan fingerprint density at radius 2 is 2.04 bits per heavy atom. The maximum Gasteiger partial charge on any atom is 0.194 e. The third-order valence-corrected chi connectivity index (χ3v) is 4.26. The molecule has 1 heterocycles. The Hall–Kier alpha value is -1.61. The smallest absolute Gasteiger partial charge is 0.194 e. The number of benzene rings is 1. The first kappa shape index (κ1) is 23.4. The van der Waals surface area contributed by atoms with Gasteiger partial charge >= 0.3 is 0 Å². The van der Waals surface area contributed by atoms with E-state index in [4.69, 9.17) is 26.1 Å². The zero-order valence-electron chi connectivity index (χ0n) is 16.5. The number of aliphatic imine (C=N–C) groups is 1. The molecule has 1 aromatic carbocycles. The summed E-state index contributed by atoms with van der Waals surface area (Å²) in [5.74, 6) is 2.23. The summed E-state index contributed by atoms with van der Waals surface area (Å²) in [6, 6.07) is 7.77. The van der Waals surface area contributed by atoms with Gasteiger partial charge < -0.3 is 24.3 Å². The lowest BCUT2D eigenvalue weighted by Gasteiger charge is -2.22. The van der Waals surface area contributed by atoms with Crippen molar-refractivity contribution in [2.24, 2.45) is 12.0 Å². The van der Waals surface area contributed by atoms with Crippen molar-refractivity contribution in [3.05, 3.63) is 46.7 Å². The third kappa shape index (κ3) is 6.21. The second kappa shape index (κ2) is 11.3. The summed E-state index contributed by atoms with van der Waals surface area (Å²) in [5.41, 5.74) is 2.08. The minimum atomic E-state index is 0. The number of guanidine groups is 1. The molecule has 0 fully saturated rings.